The van der Waals surface area contributed by atoms with Crippen LogP contribution >= 0.6 is 0 Å². The number of azo groups is 2. The number of nitrogens with zero attached hydrogens (tertiary/aromatic N) is 4. The van der Waals surface area contributed by atoms with Gasteiger partial charge >= 0.3 is 23.9 Å². The molecule has 2 atom stereocenters. The predicted octanol–water partition coefficient (Wildman–Crippen LogP) is 21.9. The fourth-order valence-corrected chi connectivity index (χ4v) is 10.5. The summed E-state index contributed by atoms with van der Waals surface area (Å²) in [6.45, 7) is 10.1. The van der Waals surface area contributed by atoms with E-state index in [0.29, 0.717) is 84.6 Å². The van der Waals surface area contributed by atoms with Gasteiger partial charge in [-0.3, -0.25) is 9.59 Å². The summed E-state index contributed by atoms with van der Waals surface area (Å²) < 4.78 is 34.6. The molecule has 8 aromatic rings. The molecule has 0 fully saturated rings. The molecule has 0 unspecified atom stereocenters. The largest absolute Gasteiger partial charge is 0.494 e. The molecular weight excluding hydrogens is 1150 g/mol. The summed E-state index contributed by atoms with van der Waals surface area (Å²) >= 11 is 0. The molecule has 0 aliphatic rings. The number of fused-ring (bicyclic) bond motifs is 2. The summed E-state index contributed by atoms with van der Waals surface area (Å²) in [5.41, 5.74) is 5.00. The smallest absolute Gasteiger partial charge is 0.343 e. The summed E-state index contributed by atoms with van der Waals surface area (Å²) in [6.07, 6.45) is 23.2. The molecule has 0 bridgehead atoms. The van der Waals surface area contributed by atoms with Gasteiger partial charge in [-0.2, -0.15) is 20.5 Å². The van der Waals surface area contributed by atoms with Gasteiger partial charge in [0.1, 0.15) is 23.0 Å². The highest BCUT2D eigenvalue weighted by Gasteiger charge is 2.20. The van der Waals surface area contributed by atoms with Crippen LogP contribution in [-0.4, -0.2) is 50.3 Å². The second kappa shape index (κ2) is 38.0. The number of rotatable bonds is 39. The van der Waals surface area contributed by atoms with E-state index in [1.807, 2.05) is 111 Å². The van der Waals surface area contributed by atoms with Crippen LogP contribution in [0.3, 0.4) is 0 Å². The van der Waals surface area contributed by atoms with Crippen LogP contribution in [-0.2, 0) is 19.1 Å². The first-order valence-corrected chi connectivity index (χ1v) is 33.4. The molecule has 0 radical (unpaired) electrons. The van der Waals surface area contributed by atoms with Gasteiger partial charge in [0.15, 0.2) is 0 Å². The minimum atomic E-state index is -0.496. The number of benzene rings is 8. The van der Waals surface area contributed by atoms with Crippen LogP contribution in [0.25, 0.3) is 21.5 Å². The van der Waals surface area contributed by atoms with E-state index in [4.69, 9.17) is 28.4 Å². The lowest BCUT2D eigenvalue weighted by molar-refractivity contribution is -0.146. The molecule has 8 rings (SSSR count). The van der Waals surface area contributed by atoms with Crippen LogP contribution < -0.4 is 18.9 Å². The van der Waals surface area contributed by atoms with Crippen molar-refractivity contribution in [1.29, 1.82) is 0 Å². The number of ether oxygens (including phenoxy) is 6. The Hall–Kier alpha value is -9.04. The van der Waals surface area contributed by atoms with Gasteiger partial charge in [-0.15, -0.1) is 0 Å². The quantitative estimate of drug-likeness (QED) is 0.0156. The molecule has 0 saturated heterocycles. The molecule has 8 aromatic carbocycles. The van der Waals surface area contributed by atoms with Crippen LogP contribution in [0.15, 0.2) is 190 Å². The van der Waals surface area contributed by atoms with E-state index in [0.717, 1.165) is 69.9 Å². The number of unbranched alkanes of at least 4 members (excludes halogenated alkanes) is 17. The first-order chi connectivity index (χ1) is 45.0. The molecule has 482 valence electrons. The summed E-state index contributed by atoms with van der Waals surface area (Å²) in [5, 5.41) is 20.9. The number of carbonyl (C=O) groups excluding carboxylic acids is 4. The van der Waals surface area contributed by atoms with Crippen molar-refractivity contribution in [2.24, 2.45) is 20.5 Å². The number of hydrogen-bond acceptors (Lipinski definition) is 14. The highest BCUT2D eigenvalue weighted by Crippen LogP contribution is 2.31. The van der Waals surface area contributed by atoms with Gasteiger partial charge in [0, 0.05) is 0 Å². The monoisotopic (exact) mass is 1240 g/mol. The Labute approximate surface area is 543 Å². The maximum Gasteiger partial charge on any atom is 0.343 e. The van der Waals surface area contributed by atoms with Crippen molar-refractivity contribution in [1.82, 2.24) is 0 Å². The van der Waals surface area contributed by atoms with Crippen molar-refractivity contribution in [2.45, 2.75) is 168 Å². The van der Waals surface area contributed by atoms with Gasteiger partial charge < -0.3 is 28.4 Å². The van der Waals surface area contributed by atoms with Crippen LogP contribution in [0.4, 0.5) is 22.7 Å². The molecule has 0 aliphatic heterocycles. The second-order valence-corrected chi connectivity index (χ2v) is 23.6. The highest BCUT2D eigenvalue weighted by molar-refractivity contribution is 5.94. The summed E-state index contributed by atoms with van der Waals surface area (Å²) in [4.78, 5) is 52.4. The molecule has 0 aliphatic carbocycles. The number of esters is 4. The van der Waals surface area contributed by atoms with Gasteiger partial charge in [0.2, 0.25) is 0 Å². The first-order valence-electron chi connectivity index (χ1n) is 33.4. The van der Waals surface area contributed by atoms with Crippen molar-refractivity contribution in [3.8, 4) is 23.0 Å². The Morgan fingerprint density at radius 1 is 0.315 bits per heavy atom. The third-order valence-corrected chi connectivity index (χ3v) is 16.3. The minimum Gasteiger partial charge on any atom is -0.494 e. The van der Waals surface area contributed by atoms with E-state index in [2.05, 4.69) is 34.3 Å². The van der Waals surface area contributed by atoms with Crippen molar-refractivity contribution < 1.29 is 47.6 Å². The van der Waals surface area contributed by atoms with Crippen LogP contribution in [0.2, 0.25) is 0 Å². The molecule has 0 heterocycles. The van der Waals surface area contributed by atoms with E-state index in [9.17, 15) is 19.2 Å². The molecule has 0 spiro atoms. The lowest BCUT2D eigenvalue weighted by atomic mass is 9.98. The second-order valence-electron chi connectivity index (χ2n) is 23.6. The van der Waals surface area contributed by atoms with Gasteiger partial charge in [0.05, 0.1) is 72.1 Å². The fourth-order valence-electron chi connectivity index (χ4n) is 10.5. The van der Waals surface area contributed by atoms with Gasteiger partial charge in [0.25, 0.3) is 0 Å². The summed E-state index contributed by atoms with van der Waals surface area (Å²) in [5.74, 6) is -0.132. The van der Waals surface area contributed by atoms with Crippen LogP contribution in [0.5, 0.6) is 23.0 Å². The summed E-state index contributed by atoms with van der Waals surface area (Å²) in [7, 11) is 0. The van der Waals surface area contributed by atoms with Gasteiger partial charge in [-0.05, 0) is 206 Å². The molecular formula is C78H90N4O10. The Bertz CT molecular complexity index is 3400. The normalized spacial score (nSPS) is 12.1. The highest BCUT2D eigenvalue weighted by atomic mass is 16.5. The zero-order valence-corrected chi connectivity index (χ0v) is 54.2. The van der Waals surface area contributed by atoms with Crippen molar-refractivity contribution in [3.63, 3.8) is 0 Å². The Morgan fingerprint density at radius 2 is 0.598 bits per heavy atom. The Morgan fingerprint density at radius 3 is 0.946 bits per heavy atom. The zero-order chi connectivity index (χ0) is 64.5. The molecule has 0 saturated carbocycles. The first kappa shape index (κ1) is 68.9. The fraction of sp³-hybridized carbons (Fsp3) is 0.385. The predicted molar refractivity (Wildman–Crippen MR) is 365 cm³/mol. The van der Waals surface area contributed by atoms with Crippen LogP contribution in [0, 0.1) is 0 Å². The molecule has 14 nitrogen and oxygen atoms in total. The minimum absolute atomic E-state index is 0.292. The lowest BCUT2D eigenvalue weighted by Gasteiger charge is -2.14. The topological polar surface area (TPSA) is 173 Å². The van der Waals surface area contributed by atoms with E-state index in [1.54, 1.807) is 72.8 Å². The number of hydrogen-bond donors (Lipinski definition) is 0. The van der Waals surface area contributed by atoms with E-state index in [-0.39, 0.29) is 11.9 Å². The molecule has 14 heteroatoms. The van der Waals surface area contributed by atoms with Gasteiger partial charge in [-0.25, -0.2) is 9.59 Å². The van der Waals surface area contributed by atoms with E-state index < -0.39 is 23.8 Å². The lowest BCUT2D eigenvalue weighted by Crippen LogP contribution is -2.14. The van der Waals surface area contributed by atoms with E-state index in [1.165, 1.54) is 89.9 Å². The van der Waals surface area contributed by atoms with Gasteiger partial charge in [-0.1, -0.05) is 152 Å². The zero-order valence-electron chi connectivity index (χ0n) is 54.2. The molecule has 0 amide bonds. The third kappa shape index (κ3) is 23.0. The van der Waals surface area contributed by atoms with Crippen molar-refractivity contribution >= 4 is 68.2 Å². The standard InChI is InChI=1S/C78H90N4O10/c1-5-7-9-11-13-15-17-21-49-87-71-45-39-69(40-46-71)81-79-67-35-29-59(30-36-67)77(85)91-73-43-33-63-53-61(25-27-65(63)55-73)57(3)75(83)89-51-23-19-20-24-52-90-76(84)58(4)62-26-28-66-56-74(44-34-64(66)54-62)92-78(86)60-31-37-68(38-32-60)80-82-70-41-47-72(48-42-70)88-50-22-18-16-14-12-10-8-6-2/h25-48,53-58H,5-24,49-52H2,1-4H3/t57-,58-/m0/s1. The maximum absolute atomic E-state index is 13.1. The number of carbonyl (C=O) groups is 4. The maximum atomic E-state index is 13.1. The Kier molecular flexibility index (Phi) is 28.4. The molecule has 92 heavy (non-hydrogen) atoms. The Balaban J connectivity index is 0.671. The third-order valence-electron chi connectivity index (χ3n) is 16.3. The van der Waals surface area contributed by atoms with Crippen molar-refractivity contribution in [2.75, 3.05) is 26.4 Å². The average Bonchev–Trinajstić information content (AvgIpc) is 0.903. The average molecular weight is 1240 g/mol. The SMILES string of the molecule is CCCCCCCCCCOc1ccc(N=Nc2ccc(C(=O)Oc3ccc4cc([C@H](C)C(=O)OCCCCCCOC(=O)[C@@H](C)c5ccc6cc(OC(=O)c7ccc(N=Nc8ccc(OCCCCCCCCCC)cc8)cc7)ccc6c5)ccc4c3)cc2)cc1. The summed E-state index contributed by atoms with van der Waals surface area (Å²) in [6, 6.07) is 51.0. The van der Waals surface area contributed by atoms with Crippen molar-refractivity contribution in [3.05, 3.63) is 192 Å². The molecule has 0 N–H and O–H groups in total. The van der Waals surface area contributed by atoms with E-state index >= 15 is 0 Å². The molecule has 0 aromatic heterocycles. The van der Waals surface area contributed by atoms with Crippen LogP contribution in [0.1, 0.15) is 200 Å².